The van der Waals surface area contributed by atoms with Crippen LogP contribution in [-0.2, 0) is 0 Å². The SMILES string of the molecule is O=C(Cl)c1ccc2nc(-c3ccccc3[N+](=O)[O-])sc2c1. The molecular formula is C14H7ClN2O3S. The highest BCUT2D eigenvalue weighted by atomic mass is 35.5. The Labute approximate surface area is 128 Å². The zero-order valence-corrected chi connectivity index (χ0v) is 12.0. The van der Waals surface area contributed by atoms with E-state index in [1.807, 2.05) is 0 Å². The number of carbonyl (C=O) groups excluding carboxylic acids is 1. The molecule has 0 N–H and O–H groups in total. The third kappa shape index (κ3) is 2.51. The topological polar surface area (TPSA) is 73.1 Å². The molecular weight excluding hydrogens is 312 g/mol. The highest BCUT2D eigenvalue weighted by Crippen LogP contribution is 2.35. The second kappa shape index (κ2) is 5.23. The molecule has 0 aliphatic rings. The standard InChI is InChI=1S/C14H7ClN2O3S/c15-13(18)8-5-6-10-12(7-8)21-14(16-10)9-3-1-2-4-11(9)17(19)20/h1-7H. The summed E-state index contributed by atoms with van der Waals surface area (Å²) in [5.74, 6) is 0. The molecule has 2 aromatic carbocycles. The van der Waals surface area contributed by atoms with Gasteiger partial charge < -0.3 is 0 Å². The lowest BCUT2D eigenvalue weighted by molar-refractivity contribution is -0.384. The van der Waals surface area contributed by atoms with E-state index in [9.17, 15) is 14.9 Å². The summed E-state index contributed by atoms with van der Waals surface area (Å²) in [6.45, 7) is 0. The zero-order valence-electron chi connectivity index (χ0n) is 10.4. The summed E-state index contributed by atoms with van der Waals surface area (Å²) in [5.41, 5.74) is 1.52. The quantitative estimate of drug-likeness (QED) is 0.411. The highest BCUT2D eigenvalue weighted by molar-refractivity contribution is 7.21. The van der Waals surface area contributed by atoms with Crippen molar-refractivity contribution in [2.24, 2.45) is 0 Å². The molecule has 0 fully saturated rings. The van der Waals surface area contributed by atoms with Crippen LogP contribution in [0.3, 0.4) is 0 Å². The Hall–Kier alpha value is -2.31. The van der Waals surface area contributed by atoms with E-state index in [1.165, 1.54) is 17.4 Å². The zero-order chi connectivity index (χ0) is 15.0. The van der Waals surface area contributed by atoms with Gasteiger partial charge in [0.05, 0.1) is 20.7 Å². The average molecular weight is 319 g/mol. The lowest BCUT2D eigenvalue weighted by Gasteiger charge is -1.97. The number of rotatable bonds is 3. The van der Waals surface area contributed by atoms with Crippen LogP contribution in [0.2, 0.25) is 0 Å². The summed E-state index contributed by atoms with van der Waals surface area (Å²) in [4.78, 5) is 26.2. The van der Waals surface area contributed by atoms with E-state index in [1.54, 1.807) is 36.4 Å². The number of para-hydroxylation sites is 1. The van der Waals surface area contributed by atoms with Gasteiger partial charge in [0, 0.05) is 11.6 Å². The van der Waals surface area contributed by atoms with Crippen molar-refractivity contribution < 1.29 is 9.72 Å². The molecule has 0 radical (unpaired) electrons. The van der Waals surface area contributed by atoms with Crippen molar-refractivity contribution in [2.75, 3.05) is 0 Å². The van der Waals surface area contributed by atoms with E-state index in [4.69, 9.17) is 11.6 Å². The second-order valence-corrected chi connectivity index (χ2v) is 5.62. The van der Waals surface area contributed by atoms with E-state index >= 15 is 0 Å². The third-order valence-corrected chi connectivity index (χ3v) is 4.22. The maximum absolute atomic E-state index is 11.2. The van der Waals surface area contributed by atoms with Gasteiger partial charge in [-0.15, -0.1) is 11.3 Å². The van der Waals surface area contributed by atoms with E-state index in [2.05, 4.69) is 4.98 Å². The van der Waals surface area contributed by atoms with E-state index < -0.39 is 10.2 Å². The number of hydrogen-bond donors (Lipinski definition) is 0. The van der Waals surface area contributed by atoms with Crippen molar-refractivity contribution in [1.82, 2.24) is 4.98 Å². The van der Waals surface area contributed by atoms with Crippen LogP contribution in [0.15, 0.2) is 42.5 Å². The molecule has 7 heteroatoms. The Balaban J connectivity index is 2.18. The third-order valence-electron chi connectivity index (χ3n) is 2.95. The molecule has 3 aromatic rings. The van der Waals surface area contributed by atoms with Crippen molar-refractivity contribution in [2.45, 2.75) is 0 Å². The molecule has 0 unspecified atom stereocenters. The number of nitrogens with zero attached hydrogens (tertiary/aromatic N) is 2. The Morgan fingerprint density at radius 3 is 2.71 bits per heavy atom. The Morgan fingerprint density at radius 1 is 1.24 bits per heavy atom. The molecule has 3 rings (SSSR count). The molecule has 0 atom stereocenters. The van der Waals surface area contributed by atoms with Crippen molar-refractivity contribution in [3.8, 4) is 10.6 Å². The summed E-state index contributed by atoms with van der Waals surface area (Å²) >= 11 is 6.74. The van der Waals surface area contributed by atoms with Crippen LogP contribution in [0, 0.1) is 10.1 Å². The summed E-state index contributed by atoms with van der Waals surface area (Å²) in [6, 6.07) is 11.3. The molecule has 104 valence electrons. The molecule has 1 aromatic heterocycles. The first-order chi connectivity index (χ1) is 10.1. The fourth-order valence-electron chi connectivity index (χ4n) is 1.98. The number of carbonyl (C=O) groups is 1. The van der Waals surface area contributed by atoms with Gasteiger partial charge in [0.25, 0.3) is 10.9 Å². The number of benzene rings is 2. The number of nitro benzene ring substituents is 1. The van der Waals surface area contributed by atoms with Gasteiger partial charge in [0.1, 0.15) is 5.01 Å². The minimum Gasteiger partial charge on any atom is -0.276 e. The highest BCUT2D eigenvalue weighted by Gasteiger charge is 2.18. The number of thiazole rings is 1. The maximum atomic E-state index is 11.2. The fourth-order valence-corrected chi connectivity index (χ4v) is 3.13. The van der Waals surface area contributed by atoms with Crippen LogP contribution in [0.5, 0.6) is 0 Å². The molecule has 0 amide bonds. The van der Waals surface area contributed by atoms with Crippen LogP contribution in [0.4, 0.5) is 5.69 Å². The summed E-state index contributed by atoms with van der Waals surface area (Å²) in [5, 5.41) is 11.1. The first-order valence-corrected chi connectivity index (χ1v) is 7.10. The Morgan fingerprint density at radius 2 is 2.00 bits per heavy atom. The first kappa shape index (κ1) is 13.7. The Bertz CT molecular complexity index is 876. The lowest BCUT2D eigenvalue weighted by Crippen LogP contribution is -1.90. The summed E-state index contributed by atoms with van der Waals surface area (Å²) in [7, 11) is 0. The number of hydrogen-bond acceptors (Lipinski definition) is 5. The average Bonchev–Trinajstić information content (AvgIpc) is 2.89. The van der Waals surface area contributed by atoms with Gasteiger partial charge in [-0.25, -0.2) is 4.98 Å². The number of nitro groups is 1. The smallest absolute Gasteiger partial charge is 0.276 e. The summed E-state index contributed by atoms with van der Waals surface area (Å²) in [6.07, 6.45) is 0. The number of fused-ring (bicyclic) bond motifs is 1. The van der Waals surface area contributed by atoms with Gasteiger partial charge in [-0.05, 0) is 35.9 Å². The predicted molar refractivity (Wildman–Crippen MR) is 81.9 cm³/mol. The van der Waals surface area contributed by atoms with E-state index in [0.717, 1.165) is 4.70 Å². The minimum absolute atomic E-state index is 0.00481. The van der Waals surface area contributed by atoms with Gasteiger partial charge in [-0.3, -0.25) is 14.9 Å². The molecule has 0 aliphatic carbocycles. The van der Waals surface area contributed by atoms with Crippen LogP contribution in [0.1, 0.15) is 10.4 Å². The molecule has 21 heavy (non-hydrogen) atoms. The summed E-state index contributed by atoms with van der Waals surface area (Å²) < 4.78 is 0.759. The van der Waals surface area contributed by atoms with Crippen LogP contribution >= 0.6 is 22.9 Å². The second-order valence-electron chi connectivity index (χ2n) is 4.25. The van der Waals surface area contributed by atoms with Gasteiger partial charge in [0.2, 0.25) is 0 Å². The lowest BCUT2D eigenvalue weighted by atomic mass is 10.2. The van der Waals surface area contributed by atoms with Gasteiger partial charge >= 0.3 is 0 Å². The van der Waals surface area contributed by atoms with Crippen molar-refractivity contribution in [3.63, 3.8) is 0 Å². The molecule has 5 nitrogen and oxygen atoms in total. The monoisotopic (exact) mass is 318 g/mol. The van der Waals surface area contributed by atoms with Crippen LogP contribution in [0.25, 0.3) is 20.8 Å². The van der Waals surface area contributed by atoms with E-state index in [0.29, 0.717) is 21.7 Å². The predicted octanol–water partition coefficient (Wildman–Crippen LogP) is 4.25. The van der Waals surface area contributed by atoms with Crippen LogP contribution in [-0.4, -0.2) is 15.1 Å². The molecule has 1 heterocycles. The molecule has 0 saturated carbocycles. The molecule has 0 aliphatic heterocycles. The van der Waals surface area contributed by atoms with Gasteiger partial charge in [-0.1, -0.05) is 12.1 Å². The van der Waals surface area contributed by atoms with Gasteiger partial charge in [-0.2, -0.15) is 0 Å². The molecule has 0 saturated heterocycles. The largest absolute Gasteiger partial charge is 0.279 e. The van der Waals surface area contributed by atoms with Crippen LogP contribution < -0.4 is 0 Å². The normalized spacial score (nSPS) is 10.7. The minimum atomic E-state index is -0.544. The Kier molecular flexibility index (Phi) is 3.40. The first-order valence-electron chi connectivity index (χ1n) is 5.90. The maximum Gasteiger partial charge on any atom is 0.279 e. The molecule has 0 spiro atoms. The van der Waals surface area contributed by atoms with Crippen molar-refractivity contribution in [3.05, 3.63) is 58.1 Å². The van der Waals surface area contributed by atoms with E-state index in [-0.39, 0.29) is 5.69 Å². The van der Waals surface area contributed by atoms with Crippen molar-refractivity contribution in [1.29, 1.82) is 0 Å². The van der Waals surface area contributed by atoms with Crippen molar-refractivity contribution >= 4 is 44.1 Å². The molecule has 0 bridgehead atoms. The van der Waals surface area contributed by atoms with Gasteiger partial charge in [0.15, 0.2) is 0 Å². The number of halogens is 1. The fraction of sp³-hybridized carbons (Fsp3) is 0. The number of aromatic nitrogens is 1.